The molecule has 1 N–H and O–H groups in total. The lowest BCUT2D eigenvalue weighted by atomic mass is 10.1. The summed E-state index contributed by atoms with van der Waals surface area (Å²) in [5.74, 6) is -1.34. The molecule has 1 aromatic carbocycles. The summed E-state index contributed by atoms with van der Waals surface area (Å²) in [7, 11) is 0. The van der Waals surface area contributed by atoms with Crippen LogP contribution in [0, 0.1) is 0 Å². The van der Waals surface area contributed by atoms with E-state index in [1.807, 2.05) is 24.3 Å². The minimum Gasteiger partial charge on any atom is -0.461 e. The van der Waals surface area contributed by atoms with Gasteiger partial charge in [-0.05, 0) is 11.1 Å². The van der Waals surface area contributed by atoms with Crippen molar-refractivity contribution in [3.05, 3.63) is 42.0 Å². The van der Waals surface area contributed by atoms with E-state index in [0.717, 1.165) is 11.1 Å². The van der Waals surface area contributed by atoms with Gasteiger partial charge in [-0.1, -0.05) is 36.9 Å². The molecule has 1 amide bonds. The van der Waals surface area contributed by atoms with Gasteiger partial charge in [0.05, 0.1) is 6.42 Å². The van der Waals surface area contributed by atoms with Crippen LogP contribution >= 0.6 is 0 Å². The van der Waals surface area contributed by atoms with E-state index in [0.29, 0.717) is 0 Å². The minimum atomic E-state index is -0.960. The lowest BCUT2D eigenvalue weighted by Gasteiger charge is -2.07. The van der Waals surface area contributed by atoms with Crippen LogP contribution in [0.5, 0.6) is 0 Å². The second-order valence-electron chi connectivity index (χ2n) is 4.22. The number of hydrogen-bond donors (Lipinski definition) is 1. The van der Waals surface area contributed by atoms with Gasteiger partial charge in [0.1, 0.15) is 12.6 Å². The van der Waals surface area contributed by atoms with Gasteiger partial charge in [0.2, 0.25) is 0 Å². The van der Waals surface area contributed by atoms with Gasteiger partial charge in [-0.25, -0.2) is 9.59 Å². The van der Waals surface area contributed by atoms with E-state index in [-0.39, 0.29) is 13.0 Å². The van der Waals surface area contributed by atoms with E-state index in [1.165, 1.54) is 0 Å². The molecule has 0 aliphatic carbocycles. The molecule has 1 saturated heterocycles. The molecule has 104 valence electrons. The third-order valence-corrected chi connectivity index (χ3v) is 2.76. The first-order valence-corrected chi connectivity index (χ1v) is 5.97. The number of esters is 2. The number of ether oxygens (including phenoxy) is 2. The quantitative estimate of drug-likeness (QED) is 0.648. The second kappa shape index (κ2) is 6.01. The summed E-state index contributed by atoms with van der Waals surface area (Å²) in [5.41, 5.74) is 1.79. The van der Waals surface area contributed by atoms with Crippen LogP contribution in [0.3, 0.4) is 0 Å². The van der Waals surface area contributed by atoms with Crippen LogP contribution in [0.1, 0.15) is 17.5 Å². The Kier molecular flexibility index (Phi) is 4.14. The summed E-state index contributed by atoms with van der Waals surface area (Å²) in [5, 5.41) is 2.23. The predicted octanol–water partition coefficient (Wildman–Crippen LogP) is 1.40. The molecule has 1 atom stereocenters. The number of benzene rings is 1. The van der Waals surface area contributed by atoms with Crippen molar-refractivity contribution in [3.8, 4) is 0 Å². The number of nitrogens with one attached hydrogen (secondary N) is 1. The fourth-order valence-corrected chi connectivity index (χ4v) is 1.67. The molecule has 0 aromatic heterocycles. The third-order valence-electron chi connectivity index (χ3n) is 2.76. The highest BCUT2D eigenvalue weighted by molar-refractivity contribution is 5.97. The van der Waals surface area contributed by atoms with Gasteiger partial charge in [0.15, 0.2) is 0 Å². The van der Waals surface area contributed by atoms with Gasteiger partial charge in [-0.3, -0.25) is 4.79 Å². The number of cyclic esters (lactones) is 2. The molecule has 0 spiro atoms. The molecule has 0 saturated carbocycles. The zero-order valence-corrected chi connectivity index (χ0v) is 10.6. The molecule has 1 heterocycles. The van der Waals surface area contributed by atoms with Gasteiger partial charge in [0, 0.05) is 0 Å². The van der Waals surface area contributed by atoms with E-state index in [9.17, 15) is 14.4 Å². The molecule has 1 aliphatic rings. The van der Waals surface area contributed by atoms with E-state index in [1.54, 1.807) is 6.08 Å². The van der Waals surface area contributed by atoms with Gasteiger partial charge >= 0.3 is 18.0 Å². The van der Waals surface area contributed by atoms with Crippen LogP contribution in [-0.4, -0.2) is 24.1 Å². The van der Waals surface area contributed by atoms with Crippen LogP contribution in [-0.2, 0) is 25.7 Å². The first-order valence-electron chi connectivity index (χ1n) is 5.97. The Morgan fingerprint density at radius 3 is 2.60 bits per heavy atom. The van der Waals surface area contributed by atoms with Crippen LogP contribution in [0.4, 0.5) is 4.79 Å². The molecular formula is C14H13NO5. The monoisotopic (exact) mass is 275 g/mol. The van der Waals surface area contributed by atoms with Crippen molar-refractivity contribution in [1.82, 2.24) is 5.32 Å². The number of carbonyl (C=O) groups excluding carboxylic acids is 3. The van der Waals surface area contributed by atoms with E-state index >= 15 is 0 Å². The normalized spacial score (nSPS) is 17.3. The van der Waals surface area contributed by atoms with Crippen LogP contribution in [0.15, 0.2) is 30.8 Å². The van der Waals surface area contributed by atoms with Gasteiger partial charge < -0.3 is 14.8 Å². The molecule has 6 nitrogen and oxygen atoms in total. The maximum Gasteiger partial charge on any atom is 0.415 e. The Morgan fingerprint density at radius 2 is 2.05 bits per heavy atom. The Morgan fingerprint density at radius 1 is 1.35 bits per heavy atom. The van der Waals surface area contributed by atoms with Crippen molar-refractivity contribution in [1.29, 1.82) is 0 Å². The van der Waals surface area contributed by atoms with Gasteiger partial charge in [0.25, 0.3) is 0 Å². The summed E-state index contributed by atoms with van der Waals surface area (Å²) in [6, 6.07) is 6.37. The molecule has 0 unspecified atom stereocenters. The number of rotatable bonds is 5. The standard InChI is InChI=1S/C14H13NO5/c1-2-9-3-5-10(6-4-9)8-19-12(16)7-11-13(17)20-14(18)15-11/h2-6,11H,1,7-8H2,(H,15,18)/t11-/m0/s1. The molecule has 0 radical (unpaired) electrons. The molecule has 1 aliphatic heterocycles. The first kappa shape index (κ1) is 13.8. The Bertz CT molecular complexity index is 549. The second-order valence-corrected chi connectivity index (χ2v) is 4.22. The minimum absolute atomic E-state index is 0.103. The maximum atomic E-state index is 11.6. The molecule has 1 aromatic rings. The highest BCUT2D eigenvalue weighted by atomic mass is 16.6. The van der Waals surface area contributed by atoms with Crippen molar-refractivity contribution < 1.29 is 23.9 Å². The molecule has 0 bridgehead atoms. The Balaban J connectivity index is 1.81. The number of amides is 1. The van der Waals surface area contributed by atoms with Crippen LogP contribution in [0.25, 0.3) is 6.08 Å². The van der Waals surface area contributed by atoms with Crippen molar-refractivity contribution in [3.63, 3.8) is 0 Å². The summed E-state index contributed by atoms with van der Waals surface area (Å²) < 4.78 is 9.28. The van der Waals surface area contributed by atoms with Crippen molar-refractivity contribution in [2.24, 2.45) is 0 Å². The van der Waals surface area contributed by atoms with E-state index < -0.39 is 24.1 Å². The largest absolute Gasteiger partial charge is 0.461 e. The summed E-state index contributed by atoms with van der Waals surface area (Å²) in [6.07, 6.45) is 0.632. The van der Waals surface area contributed by atoms with Gasteiger partial charge in [-0.15, -0.1) is 0 Å². The van der Waals surface area contributed by atoms with Crippen molar-refractivity contribution in [2.45, 2.75) is 19.1 Å². The van der Waals surface area contributed by atoms with E-state index in [4.69, 9.17) is 4.74 Å². The maximum absolute atomic E-state index is 11.6. The average Bonchev–Trinajstić information content (AvgIpc) is 2.75. The Hall–Kier alpha value is -2.63. The lowest BCUT2D eigenvalue weighted by Crippen LogP contribution is -2.31. The molecule has 1 fully saturated rings. The zero-order valence-electron chi connectivity index (χ0n) is 10.6. The van der Waals surface area contributed by atoms with Crippen molar-refractivity contribution >= 4 is 24.1 Å². The summed E-state index contributed by atoms with van der Waals surface area (Å²) >= 11 is 0. The summed E-state index contributed by atoms with van der Waals surface area (Å²) in [4.78, 5) is 33.5. The zero-order chi connectivity index (χ0) is 14.5. The lowest BCUT2D eigenvalue weighted by molar-refractivity contribution is -0.148. The van der Waals surface area contributed by atoms with Gasteiger partial charge in [-0.2, -0.15) is 0 Å². The average molecular weight is 275 g/mol. The fraction of sp³-hybridized carbons (Fsp3) is 0.214. The molecule has 6 heteroatoms. The SMILES string of the molecule is C=Cc1ccc(COC(=O)C[C@@H]2NC(=O)OC2=O)cc1. The predicted molar refractivity (Wildman–Crippen MR) is 69.4 cm³/mol. The third kappa shape index (κ3) is 3.44. The fourth-order valence-electron chi connectivity index (χ4n) is 1.67. The smallest absolute Gasteiger partial charge is 0.415 e. The highest BCUT2D eigenvalue weighted by Gasteiger charge is 2.34. The Labute approximate surface area is 115 Å². The number of carbonyl (C=O) groups is 3. The molecular weight excluding hydrogens is 262 g/mol. The molecule has 2 rings (SSSR count). The number of alkyl carbamates (subject to hydrolysis) is 1. The van der Waals surface area contributed by atoms with Crippen molar-refractivity contribution in [2.75, 3.05) is 0 Å². The highest BCUT2D eigenvalue weighted by Crippen LogP contribution is 2.09. The summed E-state index contributed by atoms with van der Waals surface area (Å²) in [6.45, 7) is 3.74. The van der Waals surface area contributed by atoms with E-state index in [2.05, 4.69) is 16.6 Å². The molecule has 20 heavy (non-hydrogen) atoms. The first-order chi connectivity index (χ1) is 9.58. The van der Waals surface area contributed by atoms with Crippen LogP contribution in [0.2, 0.25) is 0 Å². The topological polar surface area (TPSA) is 81.7 Å². The number of hydrogen-bond acceptors (Lipinski definition) is 5. The van der Waals surface area contributed by atoms with Crippen LogP contribution < -0.4 is 5.32 Å².